The van der Waals surface area contributed by atoms with Crippen molar-refractivity contribution in [3.63, 3.8) is 0 Å². The Balaban J connectivity index is 2.19. The van der Waals surface area contributed by atoms with E-state index in [0.29, 0.717) is 5.92 Å². The molecule has 1 N–H and O–H groups in total. The summed E-state index contributed by atoms with van der Waals surface area (Å²) in [6, 6.07) is 7.99. The predicted octanol–water partition coefficient (Wildman–Crippen LogP) is 3.03. The van der Waals surface area contributed by atoms with Gasteiger partial charge in [0, 0.05) is 24.1 Å². The van der Waals surface area contributed by atoms with Crippen LogP contribution in [-0.2, 0) is 4.74 Å². The van der Waals surface area contributed by atoms with Crippen molar-refractivity contribution in [1.82, 2.24) is 5.32 Å². The summed E-state index contributed by atoms with van der Waals surface area (Å²) in [7, 11) is 1.98. The van der Waals surface area contributed by atoms with Gasteiger partial charge in [-0.2, -0.15) is 0 Å². The van der Waals surface area contributed by atoms with Gasteiger partial charge < -0.3 is 10.1 Å². The normalized spacial score (nSPS) is 25.6. The summed E-state index contributed by atoms with van der Waals surface area (Å²) in [5.74, 6) is 0.527. The van der Waals surface area contributed by atoms with Crippen LogP contribution in [-0.4, -0.2) is 20.2 Å². The van der Waals surface area contributed by atoms with E-state index in [-0.39, 0.29) is 6.10 Å². The highest BCUT2D eigenvalue weighted by Gasteiger charge is 2.28. The Morgan fingerprint density at radius 1 is 1.44 bits per heavy atom. The molecule has 3 heteroatoms. The maximum Gasteiger partial charge on any atom is 0.0879 e. The van der Waals surface area contributed by atoms with Crippen LogP contribution in [0.15, 0.2) is 24.3 Å². The van der Waals surface area contributed by atoms with E-state index in [9.17, 15) is 0 Å². The Labute approximate surface area is 102 Å². The van der Waals surface area contributed by atoms with E-state index in [0.717, 1.165) is 30.2 Å². The molecule has 0 aliphatic carbocycles. The number of hydrogen-bond acceptors (Lipinski definition) is 2. The fourth-order valence-electron chi connectivity index (χ4n) is 2.36. The van der Waals surface area contributed by atoms with Crippen molar-refractivity contribution in [3.05, 3.63) is 34.9 Å². The first-order valence-corrected chi connectivity index (χ1v) is 6.21. The second-order valence-electron chi connectivity index (χ2n) is 4.27. The Morgan fingerprint density at radius 3 is 3.00 bits per heavy atom. The quantitative estimate of drug-likeness (QED) is 0.876. The van der Waals surface area contributed by atoms with E-state index < -0.39 is 0 Å². The van der Waals surface area contributed by atoms with Crippen molar-refractivity contribution < 1.29 is 4.74 Å². The molecule has 0 saturated carbocycles. The lowest BCUT2D eigenvalue weighted by Crippen LogP contribution is -2.30. The van der Waals surface area contributed by atoms with Gasteiger partial charge in [0.05, 0.1) is 6.10 Å². The van der Waals surface area contributed by atoms with Gasteiger partial charge in [0.1, 0.15) is 0 Å². The summed E-state index contributed by atoms with van der Waals surface area (Å²) in [6.07, 6.45) is 2.50. The van der Waals surface area contributed by atoms with E-state index >= 15 is 0 Å². The molecule has 1 heterocycles. The zero-order valence-electron chi connectivity index (χ0n) is 9.58. The molecule has 0 spiro atoms. The molecule has 0 radical (unpaired) electrons. The van der Waals surface area contributed by atoms with Crippen LogP contribution < -0.4 is 5.32 Å². The third-order valence-electron chi connectivity index (χ3n) is 3.12. The maximum atomic E-state index is 6.22. The zero-order chi connectivity index (χ0) is 11.4. The highest BCUT2D eigenvalue weighted by molar-refractivity contribution is 6.31. The topological polar surface area (TPSA) is 21.3 Å². The second-order valence-corrected chi connectivity index (χ2v) is 4.68. The SMILES string of the molecule is CNCC1CCCOC1c1ccccc1Cl. The molecule has 1 aromatic rings. The van der Waals surface area contributed by atoms with Crippen LogP contribution >= 0.6 is 11.6 Å². The molecule has 2 atom stereocenters. The number of ether oxygens (including phenoxy) is 1. The molecule has 1 aromatic carbocycles. The van der Waals surface area contributed by atoms with Gasteiger partial charge in [-0.25, -0.2) is 0 Å². The van der Waals surface area contributed by atoms with Crippen molar-refractivity contribution in [2.24, 2.45) is 5.92 Å². The van der Waals surface area contributed by atoms with Gasteiger partial charge in [0.2, 0.25) is 0 Å². The van der Waals surface area contributed by atoms with Crippen LogP contribution in [0.4, 0.5) is 0 Å². The van der Waals surface area contributed by atoms with E-state index in [4.69, 9.17) is 16.3 Å². The Morgan fingerprint density at radius 2 is 2.25 bits per heavy atom. The largest absolute Gasteiger partial charge is 0.373 e. The summed E-state index contributed by atoms with van der Waals surface area (Å²) < 4.78 is 5.89. The van der Waals surface area contributed by atoms with Crippen LogP contribution in [0.2, 0.25) is 5.02 Å². The minimum absolute atomic E-state index is 0.148. The lowest BCUT2D eigenvalue weighted by molar-refractivity contribution is -0.0271. The van der Waals surface area contributed by atoms with Crippen LogP contribution in [0.25, 0.3) is 0 Å². The van der Waals surface area contributed by atoms with E-state index in [1.165, 1.54) is 6.42 Å². The molecule has 0 aromatic heterocycles. The number of rotatable bonds is 3. The Kier molecular flexibility index (Phi) is 4.22. The maximum absolute atomic E-state index is 6.22. The van der Waals surface area contributed by atoms with Gasteiger partial charge in [0.25, 0.3) is 0 Å². The summed E-state index contributed by atoms with van der Waals surface area (Å²) >= 11 is 6.22. The Hall–Kier alpha value is -0.570. The van der Waals surface area contributed by atoms with Crippen molar-refractivity contribution >= 4 is 11.6 Å². The molecule has 16 heavy (non-hydrogen) atoms. The van der Waals surface area contributed by atoms with E-state index in [1.807, 2.05) is 25.2 Å². The summed E-state index contributed by atoms with van der Waals surface area (Å²) in [5.41, 5.74) is 1.13. The molecule has 2 unspecified atom stereocenters. The van der Waals surface area contributed by atoms with Crippen LogP contribution in [0.5, 0.6) is 0 Å². The minimum Gasteiger partial charge on any atom is -0.373 e. The lowest BCUT2D eigenvalue weighted by Gasteiger charge is -2.32. The molecule has 1 fully saturated rings. The van der Waals surface area contributed by atoms with Crippen LogP contribution in [0, 0.1) is 5.92 Å². The molecule has 1 saturated heterocycles. The first kappa shape index (κ1) is 11.9. The van der Waals surface area contributed by atoms with Gasteiger partial charge in [0.15, 0.2) is 0 Å². The predicted molar refractivity (Wildman–Crippen MR) is 66.8 cm³/mol. The van der Waals surface area contributed by atoms with Crippen molar-refractivity contribution in [2.45, 2.75) is 18.9 Å². The molecule has 2 nitrogen and oxygen atoms in total. The van der Waals surface area contributed by atoms with Crippen molar-refractivity contribution in [2.75, 3.05) is 20.2 Å². The first-order chi connectivity index (χ1) is 7.83. The summed E-state index contributed by atoms with van der Waals surface area (Å²) in [5, 5.41) is 4.05. The molecule has 1 aliphatic rings. The summed E-state index contributed by atoms with van der Waals surface area (Å²) in [6.45, 7) is 1.83. The van der Waals surface area contributed by atoms with Gasteiger partial charge in [-0.05, 0) is 31.5 Å². The Bertz CT molecular complexity index is 340. The first-order valence-electron chi connectivity index (χ1n) is 5.83. The molecule has 2 rings (SSSR count). The second kappa shape index (κ2) is 5.67. The van der Waals surface area contributed by atoms with Crippen LogP contribution in [0.1, 0.15) is 24.5 Å². The molecule has 0 bridgehead atoms. The van der Waals surface area contributed by atoms with Gasteiger partial charge >= 0.3 is 0 Å². The third kappa shape index (κ3) is 2.57. The van der Waals surface area contributed by atoms with Gasteiger partial charge in [-0.15, -0.1) is 0 Å². The average Bonchev–Trinajstić information content (AvgIpc) is 2.31. The smallest absolute Gasteiger partial charge is 0.0879 e. The summed E-state index contributed by atoms with van der Waals surface area (Å²) in [4.78, 5) is 0. The highest BCUT2D eigenvalue weighted by atomic mass is 35.5. The highest BCUT2D eigenvalue weighted by Crippen LogP contribution is 2.36. The van der Waals surface area contributed by atoms with Gasteiger partial charge in [-0.3, -0.25) is 0 Å². The molecule has 1 aliphatic heterocycles. The fraction of sp³-hybridized carbons (Fsp3) is 0.538. The minimum atomic E-state index is 0.148. The zero-order valence-corrected chi connectivity index (χ0v) is 10.3. The van der Waals surface area contributed by atoms with Crippen molar-refractivity contribution in [3.8, 4) is 0 Å². The van der Waals surface area contributed by atoms with E-state index in [1.54, 1.807) is 0 Å². The average molecular weight is 240 g/mol. The molecule has 88 valence electrons. The monoisotopic (exact) mass is 239 g/mol. The number of benzene rings is 1. The van der Waals surface area contributed by atoms with E-state index in [2.05, 4.69) is 11.4 Å². The molecule has 0 amide bonds. The van der Waals surface area contributed by atoms with Gasteiger partial charge in [-0.1, -0.05) is 29.8 Å². The fourth-order valence-corrected chi connectivity index (χ4v) is 2.61. The van der Waals surface area contributed by atoms with Crippen molar-refractivity contribution in [1.29, 1.82) is 0 Å². The lowest BCUT2D eigenvalue weighted by atomic mass is 9.89. The number of halogens is 1. The third-order valence-corrected chi connectivity index (χ3v) is 3.47. The number of hydrogen-bond donors (Lipinski definition) is 1. The standard InChI is InChI=1S/C13H18ClNO/c1-15-9-10-5-4-8-16-13(10)11-6-2-3-7-12(11)14/h2-3,6-7,10,13,15H,4-5,8-9H2,1H3. The molecular formula is C13H18ClNO. The molecular weight excluding hydrogens is 222 g/mol. The number of nitrogens with one attached hydrogen (secondary N) is 1. The van der Waals surface area contributed by atoms with Crippen LogP contribution in [0.3, 0.4) is 0 Å².